The lowest BCUT2D eigenvalue weighted by molar-refractivity contribution is 0.0606. The topological polar surface area (TPSA) is 92.7 Å². The molecule has 0 bridgehead atoms. The van der Waals surface area contributed by atoms with Crippen LogP contribution in [-0.2, 0) is 14.8 Å². The largest absolute Gasteiger partial charge is 0.465 e. The number of aliphatic hydroxyl groups is 1. The van der Waals surface area contributed by atoms with Crippen molar-refractivity contribution in [1.82, 2.24) is 4.72 Å². The van der Waals surface area contributed by atoms with Crippen molar-refractivity contribution in [3.63, 3.8) is 0 Å². The van der Waals surface area contributed by atoms with Gasteiger partial charge in [-0.3, -0.25) is 0 Å². The molecular weight excluding hydrogens is 370 g/mol. The Morgan fingerprint density at radius 2 is 2.15 bits per heavy atom. The Labute approximate surface area is 130 Å². The molecule has 9 heteroatoms. The van der Waals surface area contributed by atoms with Gasteiger partial charge in [0.15, 0.2) is 0 Å². The van der Waals surface area contributed by atoms with Gasteiger partial charge in [0.1, 0.15) is 9.77 Å². The molecule has 0 saturated carbocycles. The zero-order chi connectivity index (χ0) is 15.5. The van der Waals surface area contributed by atoms with Crippen molar-refractivity contribution in [3.8, 4) is 0 Å². The van der Waals surface area contributed by atoms with E-state index < -0.39 is 22.0 Å². The minimum atomic E-state index is -3.82. The second-order valence-electron chi connectivity index (χ2n) is 4.39. The molecule has 1 aromatic heterocycles. The maximum absolute atomic E-state index is 12.3. The van der Waals surface area contributed by atoms with Crippen LogP contribution in [0, 0.1) is 5.92 Å². The molecule has 1 aromatic rings. The number of carbonyl (C=O) groups excluding carboxylic acids is 1. The zero-order valence-electron chi connectivity index (χ0n) is 11.2. The summed E-state index contributed by atoms with van der Waals surface area (Å²) in [5, 5.41) is 9.20. The molecule has 1 unspecified atom stereocenters. The fraction of sp³-hybridized carbons (Fsp3) is 0.545. The standard InChI is InChI=1S/C11H16BrNO5S2/c1-6(2)7(5-14)13-20(16,17)9-4-8(11(15)18-3)19-10(9)12/h4,6-7,13-14H,5H2,1-3H3. The molecule has 6 nitrogen and oxygen atoms in total. The van der Waals surface area contributed by atoms with Crippen LogP contribution in [0.5, 0.6) is 0 Å². The molecule has 0 amide bonds. The lowest BCUT2D eigenvalue weighted by Crippen LogP contribution is -2.41. The molecule has 0 radical (unpaired) electrons. The van der Waals surface area contributed by atoms with E-state index in [1.807, 2.05) is 0 Å². The van der Waals surface area contributed by atoms with Crippen LogP contribution in [0.15, 0.2) is 14.7 Å². The van der Waals surface area contributed by atoms with Crippen LogP contribution in [0.25, 0.3) is 0 Å². The van der Waals surface area contributed by atoms with Crippen LogP contribution in [0.1, 0.15) is 23.5 Å². The summed E-state index contributed by atoms with van der Waals surface area (Å²) in [4.78, 5) is 11.5. The van der Waals surface area contributed by atoms with Crippen molar-refractivity contribution < 1.29 is 23.1 Å². The summed E-state index contributed by atoms with van der Waals surface area (Å²) in [6, 6.07) is 0.658. The quantitative estimate of drug-likeness (QED) is 0.725. The Balaban J connectivity index is 3.10. The number of thiophene rings is 1. The Bertz CT molecular complexity index is 582. The lowest BCUT2D eigenvalue weighted by Gasteiger charge is -2.19. The Morgan fingerprint density at radius 1 is 1.55 bits per heavy atom. The van der Waals surface area contributed by atoms with E-state index in [9.17, 15) is 18.3 Å². The molecule has 1 heterocycles. The number of methoxy groups -OCH3 is 1. The normalized spacial score (nSPS) is 13.5. The van der Waals surface area contributed by atoms with Gasteiger partial charge in [0.25, 0.3) is 0 Å². The van der Waals surface area contributed by atoms with E-state index in [-0.39, 0.29) is 22.3 Å². The van der Waals surface area contributed by atoms with Gasteiger partial charge >= 0.3 is 5.97 Å². The summed E-state index contributed by atoms with van der Waals surface area (Å²) in [6.07, 6.45) is 0. The first-order chi connectivity index (χ1) is 9.22. The fourth-order valence-electron chi connectivity index (χ4n) is 1.38. The van der Waals surface area contributed by atoms with Crippen molar-refractivity contribution in [3.05, 3.63) is 14.7 Å². The average molecular weight is 386 g/mol. The third-order valence-electron chi connectivity index (χ3n) is 2.64. The molecule has 0 saturated heterocycles. The Kier molecular flexibility index (Phi) is 6.14. The molecule has 1 atom stereocenters. The first kappa shape index (κ1) is 17.6. The smallest absolute Gasteiger partial charge is 0.348 e. The minimum Gasteiger partial charge on any atom is -0.465 e. The molecule has 0 aliphatic heterocycles. The molecule has 1 rings (SSSR count). The summed E-state index contributed by atoms with van der Waals surface area (Å²) in [5.74, 6) is -0.660. The van der Waals surface area contributed by atoms with Crippen LogP contribution in [0.4, 0.5) is 0 Å². The van der Waals surface area contributed by atoms with E-state index in [0.29, 0.717) is 3.79 Å². The van der Waals surface area contributed by atoms with Crippen LogP contribution in [0.2, 0.25) is 0 Å². The van der Waals surface area contributed by atoms with Crippen molar-refractivity contribution in [2.45, 2.75) is 24.8 Å². The molecule has 0 aliphatic carbocycles. The summed E-state index contributed by atoms with van der Waals surface area (Å²) < 4.78 is 31.8. The highest BCUT2D eigenvalue weighted by atomic mass is 79.9. The van der Waals surface area contributed by atoms with Crippen LogP contribution in [-0.4, -0.2) is 39.3 Å². The molecule has 114 valence electrons. The monoisotopic (exact) mass is 385 g/mol. The van der Waals surface area contributed by atoms with Gasteiger partial charge in [0, 0.05) is 6.04 Å². The van der Waals surface area contributed by atoms with Crippen molar-refractivity contribution in [1.29, 1.82) is 0 Å². The highest BCUT2D eigenvalue weighted by molar-refractivity contribution is 9.11. The lowest BCUT2D eigenvalue weighted by atomic mass is 10.1. The second-order valence-corrected chi connectivity index (χ2v) is 8.45. The number of hydrogen-bond donors (Lipinski definition) is 2. The highest BCUT2D eigenvalue weighted by Crippen LogP contribution is 2.32. The van der Waals surface area contributed by atoms with Crippen LogP contribution in [0.3, 0.4) is 0 Å². The van der Waals surface area contributed by atoms with Crippen molar-refractivity contribution in [2.75, 3.05) is 13.7 Å². The molecule has 20 heavy (non-hydrogen) atoms. The number of ether oxygens (including phenoxy) is 1. The molecular formula is C11H16BrNO5S2. The van der Waals surface area contributed by atoms with Crippen LogP contribution >= 0.6 is 27.3 Å². The summed E-state index contributed by atoms with van der Waals surface area (Å²) in [5.41, 5.74) is 0. The predicted molar refractivity (Wildman–Crippen MR) is 79.4 cm³/mol. The number of halogens is 1. The van der Waals surface area contributed by atoms with Gasteiger partial charge < -0.3 is 9.84 Å². The van der Waals surface area contributed by atoms with Gasteiger partial charge in [-0.2, -0.15) is 0 Å². The van der Waals surface area contributed by atoms with E-state index in [1.165, 1.54) is 13.2 Å². The number of rotatable bonds is 6. The number of esters is 1. The van der Waals surface area contributed by atoms with Crippen LogP contribution < -0.4 is 4.72 Å². The maximum Gasteiger partial charge on any atom is 0.348 e. The molecule has 0 spiro atoms. The number of nitrogens with one attached hydrogen (secondary N) is 1. The third kappa shape index (κ3) is 4.01. The number of hydrogen-bond acceptors (Lipinski definition) is 6. The van der Waals surface area contributed by atoms with Gasteiger partial charge in [-0.1, -0.05) is 13.8 Å². The van der Waals surface area contributed by atoms with Gasteiger partial charge in [0.2, 0.25) is 10.0 Å². The van der Waals surface area contributed by atoms with Gasteiger partial charge in [-0.25, -0.2) is 17.9 Å². The Morgan fingerprint density at radius 3 is 2.60 bits per heavy atom. The van der Waals surface area contributed by atoms with E-state index in [4.69, 9.17) is 0 Å². The predicted octanol–water partition coefficient (Wildman–Crippen LogP) is 1.59. The van der Waals surface area contributed by atoms with Gasteiger partial charge in [-0.15, -0.1) is 11.3 Å². The van der Waals surface area contributed by atoms with E-state index >= 15 is 0 Å². The summed E-state index contributed by atoms with van der Waals surface area (Å²) in [7, 11) is -2.60. The van der Waals surface area contributed by atoms with E-state index in [1.54, 1.807) is 13.8 Å². The second kappa shape index (κ2) is 6.99. The molecule has 0 aromatic carbocycles. The molecule has 0 aliphatic rings. The number of aliphatic hydroxyl groups excluding tert-OH is 1. The van der Waals surface area contributed by atoms with Crippen molar-refractivity contribution in [2.24, 2.45) is 5.92 Å². The molecule has 0 fully saturated rings. The SMILES string of the molecule is COC(=O)c1cc(S(=O)(=O)NC(CO)C(C)C)c(Br)s1. The first-order valence-corrected chi connectivity index (χ1v) is 8.83. The number of sulfonamides is 1. The fourth-order valence-corrected chi connectivity index (χ4v) is 5.24. The zero-order valence-corrected chi connectivity index (χ0v) is 14.4. The first-order valence-electron chi connectivity index (χ1n) is 5.73. The third-order valence-corrected chi connectivity index (χ3v) is 6.36. The summed E-state index contributed by atoms with van der Waals surface area (Å²) >= 11 is 4.11. The minimum absolute atomic E-state index is 0.0398. The van der Waals surface area contributed by atoms with E-state index in [2.05, 4.69) is 25.4 Å². The van der Waals surface area contributed by atoms with Crippen molar-refractivity contribution >= 4 is 43.3 Å². The molecule has 2 N–H and O–H groups in total. The average Bonchev–Trinajstić information content (AvgIpc) is 2.77. The maximum atomic E-state index is 12.3. The van der Waals surface area contributed by atoms with Gasteiger partial charge in [-0.05, 0) is 27.9 Å². The van der Waals surface area contributed by atoms with E-state index in [0.717, 1.165) is 11.3 Å². The number of carbonyl (C=O) groups is 1. The van der Waals surface area contributed by atoms with Gasteiger partial charge in [0.05, 0.1) is 17.5 Å². The Hall–Kier alpha value is -0.480. The highest BCUT2D eigenvalue weighted by Gasteiger charge is 2.27. The summed E-state index contributed by atoms with van der Waals surface area (Å²) in [6.45, 7) is 3.29.